The van der Waals surface area contributed by atoms with Gasteiger partial charge in [0.05, 0.1) is 17.1 Å². The summed E-state index contributed by atoms with van der Waals surface area (Å²) in [6, 6.07) is 6.81. The van der Waals surface area contributed by atoms with E-state index in [1.54, 1.807) is 36.1 Å². The molecular formula is C16H15ClN2O2S. The third-order valence-corrected chi connectivity index (χ3v) is 5.16. The number of carbonyl (C=O) groups excluding carboxylic acids is 2. The first kappa shape index (κ1) is 15.1. The van der Waals surface area contributed by atoms with Crippen LogP contribution in [0, 0.1) is 0 Å². The number of fused-ring (bicyclic) bond motifs is 1. The maximum atomic E-state index is 12.7. The maximum absolute atomic E-state index is 12.7. The standard InChI is InChI=1S/C16H15ClN2O2S/c1-9(20)19-7-6-12-13(8-19)22-16(18)14(12)15(21)10-2-4-11(17)5-3-10/h2-5H,6-8,18H2,1H3. The molecule has 0 saturated heterocycles. The molecule has 1 aliphatic rings. The van der Waals surface area contributed by atoms with Gasteiger partial charge in [-0.3, -0.25) is 9.59 Å². The van der Waals surface area contributed by atoms with Gasteiger partial charge in [-0.2, -0.15) is 0 Å². The van der Waals surface area contributed by atoms with Gasteiger partial charge in [-0.05, 0) is 36.2 Å². The maximum Gasteiger partial charge on any atom is 0.219 e. The number of carbonyl (C=O) groups is 2. The highest BCUT2D eigenvalue weighted by Crippen LogP contribution is 2.36. The lowest BCUT2D eigenvalue weighted by Crippen LogP contribution is -2.33. The zero-order valence-corrected chi connectivity index (χ0v) is 13.6. The van der Waals surface area contributed by atoms with Gasteiger partial charge in [-0.1, -0.05) is 11.6 Å². The van der Waals surface area contributed by atoms with Gasteiger partial charge >= 0.3 is 0 Å². The van der Waals surface area contributed by atoms with Crippen LogP contribution in [0.5, 0.6) is 0 Å². The Hall–Kier alpha value is -1.85. The van der Waals surface area contributed by atoms with Crippen molar-refractivity contribution >= 4 is 39.6 Å². The molecule has 1 amide bonds. The van der Waals surface area contributed by atoms with Crippen LogP contribution >= 0.6 is 22.9 Å². The van der Waals surface area contributed by atoms with E-state index in [9.17, 15) is 9.59 Å². The molecule has 0 radical (unpaired) electrons. The van der Waals surface area contributed by atoms with E-state index in [0.29, 0.717) is 40.7 Å². The molecule has 3 rings (SSSR count). The van der Waals surface area contributed by atoms with E-state index >= 15 is 0 Å². The fourth-order valence-corrected chi connectivity index (χ4v) is 3.95. The van der Waals surface area contributed by atoms with Crippen molar-refractivity contribution in [3.8, 4) is 0 Å². The number of nitrogens with two attached hydrogens (primary N) is 1. The SMILES string of the molecule is CC(=O)N1CCc2c(sc(N)c2C(=O)c2ccc(Cl)cc2)C1. The quantitative estimate of drug-likeness (QED) is 0.858. The molecule has 0 aliphatic carbocycles. The normalized spacial score (nSPS) is 13.8. The van der Waals surface area contributed by atoms with Gasteiger partial charge in [0.25, 0.3) is 0 Å². The van der Waals surface area contributed by atoms with E-state index in [-0.39, 0.29) is 11.7 Å². The smallest absolute Gasteiger partial charge is 0.219 e. The number of rotatable bonds is 2. The second kappa shape index (κ2) is 5.74. The Morgan fingerprint density at radius 2 is 1.95 bits per heavy atom. The lowest BCUT2D eigenvalue weighted by atomic mass is 9.96. The number of nitrogen functional groups attached to an aromatic ring is 1. The fraction of sp³-hybridized carbons (Fsp3) is 0.250. The molecule has 0 saturated carbocycles. The van der Waals surface area contributed by atoms with Crippen LogP contribution in [0.4, 0.5) is 5.00 Å². The van der Waals surface area contributed by atoms with E-state index in [1.165, 1.54) is 11.3 Å². The number of amides is 1. The van der Waals surface area contributed by atoms with Crippen molar-refractivity contribution in [1.82, 2.24) is 4.90 Å². The molecule has 2 N–H and O–H groups in total. The van der Waals surface area contributed by atoms with Gasteiger partial charge in [-0.15, -0.1) is 11.3 Å². The largest absolute Gasteiger partial charge is 0.390 e. The van der Waals surface area contributed by atoms with Crippen LogP contribution in [-0.4, -0.2) is 23.1 Å². The zero-order valence-electron chi connectivity index (χ0n) is 12.1. The molecule has 1 aromatic heterocycles. The van der Waals surface area contributed by atoms with Crippen molar-refractivity contribution in [2.24, 2.45) is 0 Å². The summed E-state index contributed by atoms with van der Waals surface area (Å²) in [6.07, 6.45) is 0.664. The van der Waals surface area contributed by atoms with Crippen LogP contribution in [0.1, 0.15) is 33.3 Å². The van der Waals surface area contributed by atoms with E-state index in [0.717, 1.165) is 10.4 Å². The molecule has 2 aromatic rings. The minimum atomic E-state index is -0.0806. The van der Waals surface area contributed by atoms with Gasteiger partial charge in [-0.25, -0.2) is 0 Å². The molecule has 114 valence electrons. The van der Waals surface area contributed by atoms with Crippen LogP contribution in [0.25, 0.3) is 0 Å². The van der Waals surface area contributed by atoms with E-state index in [1.807, 2.05) is 0 Å². The van der Waals surface area contributed by atoms with Gasteiger partial charge in [0, 0.05) is 28.9 Å². The van der Waals surface area contributed by atoms with Crippen molar-refractivity contribution in [2.75, 3.05) is 12.3 Å². The molecule has 2 heterocycles. The van der Waals surface area contributed by atoms with Crippen LogP contribution in [0.15, 0.2) is 24.3 Å². The Bertz CT molecular complexity index is 752. The lowest BCUT2D eigenvalue weighted by molar-refractivity contribution is -0.129. The van der Waals surface area contributed by atoms with Gasteiger partial charge in [0.15, 0.2) is 5.78 Å². The average Bonchev–Trinajstić information content (AvgIpc) is 2.82. The van der Waals surface area contributed by atoms with Crippen LogP contribution in [-0.2, 0) is 17.8 Å². The molecule has 0 fully saturated rings. The molecule has 0 unspecified atom stereocenters. The summed E-state index contributed by atoms with van der Waals surface area (Å²) in [5.74, 6) is -0.0360. The lowest BCUT2D eigenvalue weighted by Gasteiger charge is -2.26. The molecular weight excluding hydrogens is 320 g/mol. The molecule has 4 nitrogen and oxygen atoms in total. The number of ketones is 1. The Morgan fingerprint density at radius 3 is 2.59 bits per heavy atom. The first-order valence-corrected chi connectivity index (χ1v) is 8.12. The van der Waals surface area contributed by atoms with Crippen molar-refractivity contribution < 1.29 is 9.59 Å². The van der Waals surface area contributed by atoms with Crippen molar-refractivity contribution in [3.63, 3.8) is 0 Å². The second-order valence-corrected chi connectivity index (χ2v) is 6.84. The summed E-state index contributed by atoms with van der Waals surface area (Å²) in [7, 11) is 0. The molecule has 0 spiro atoms. The van der Waals surface area contributed by atoms with E-state index in [4.69, 9.17) is 17.3 Å². The van der Waals surface area contributed by atoms with Gasteiger partial charge in [0.2, 0.25) is 5.91 Å². The monoisotopic (exact) mass is 334 g/mol. The Labute approximate surface area is 137 Å². The third kappa shape index (κ3) is 2.62. The first-order valence-electron chi connectivity index (χ1n) is 6.93. The highest BCUT2D eigenvalue weighted by atomic mass is 35.5. The summed E-state index contributed by atoms with van der Waals surface area (Å²) >= 11 is 7.26. The highest BCUT2D eigenvalue weighted by molar-refractivity contribution is 7.16. The third-order valence-electron chi connectivity index (χ3n) is 3.86. The van der Waals surface area contributed by atoms with Crippen LogP contribution in [0.3, 0.4) is 0 Å². The minimum Gasteiger partial charge on any atom is -0.390 e. The Kier molecular flexibility index (Phi) is 3.93. The summed E-state index contributed by atoms with van der Waals surface area (Å²) < 4.78 is 0. The number of halogens is 1. The molecule has 6 heteroatoms. The van der Waals surface area contributed by atoms with E-state index < -0.39 is 0 Å². The van der Waals surface area contributed by atoms with E-state index in [2.05, 4.69) is 0 Å². The van der Waals surface area contributed by atoms with Crippen LogP contribution < -0.4 is 5.73 Å². The zero-order chi connectivity index (χ0) is 15.9. The van der Waals surface area contributed by atoms with Gasteiger partial charge < -0.3 is 10.6 Å². The highest BCUT2D eigenvalue weighted by Gasteiger charge is 2.28. The second-order valence-electron chi connectivity index (χ2n) is 5.27. The predicted molar refractivity (Wildman–Crippen MR) is 88.4 cm³/mol. The number of benzene rings is 1. The molecule has 22 heavy (non-hydrogen) atoms. The molecule has 0 bridgehead atoms. The minimum absolute atomic E-state index is 0.0446. The average molecular weight is 335 g/mol. The predicted octanol–water partition coefficient (Wildman–Crippen LogP) is 3.12. The Balaban J connectivity index is 1.97. The van der Waals surface area contributed by atoms with Crippen molar-refractivity contribution in [3.05, 3.63) is 50.9 Å². The molecule has 0 atom stereocenters. The van der Waals surface area contributed by atoms with Crippen molar-refractivity contribution in [2.45, 2.75) is 19.9 Å². The molecule has 1 aromatic carbocycles. The van der Waals surface area contributed by atoms with Crippen molar-refractivity contribution in [1.29, 1.82) is 0 Å². The Morgan fingerprint density at radius 1 is 1.27 bits per heavy atom. The fourth-order valence-electron chi connectivity index (χ4n) is 2.69. The first-order chi connectivity index (χ1) is 10.5. The molecule has 1 aliphatic heterocycles. The number of anilines is 1. The summed E-state index contributed by atoms with van der Waals surface area (Å²) in [6.45, 7) is 2.72. The summed E-state index contributed by atoms with van der Waals surface area (Å²) in [4.78, 5) is 27.0. The number of thiophene rings is 1. The van der Waals surface area contributed by atoms with Gasteiger partial charge in [0.1, 0.15) is 0 Å². The number of nitrogens with zero attached hydrogens (tertiary/aromatic N) is 1. The summed E-state index contributed by atoms with van der Waals surface area (Å²) in [5, 5.41) is 1.12. The number of hydrogen-bond acceptors (Lipinski definition) is 4. The van der Waals surface area contributed by atoms with Crippen LogP contribution in [0.2, 0.25) is 5.02 Å². The topological polar surface area (TPSA) is 63.4 Å². The number of hydrogen-bond donors (Lipinski definition) is 1. The summed E-state index contributed by atoms with van der Waals surface area (Å²) in [5.41, 5.74) is 8.23.